The van der Waals surface area contributed by atoms with Crippen LogP contribution in [0.15, 0.2) is 66.7 Å². The van der Waals surface area contributed by atoms with Gasteiger partial charge in [0.25, 0.3) is 0 Å². The fourth-order valence-electron chi connectivity index (χ4n) is 3.30. The first kappa shape index (κ1) is 16.4. The van der Waals surface area contributed by atoms with Gasteiger partial charge in [-0.3, -0.25) is 0 Å². The summed E-state index contributed by atoms with van der Waals surface area (Å²) in [6, 6.07) is 22.3. The van der Waals surface area contributed by atoms with Gasteiger partial charge in [-0.25, -0.2) is 4.79 Å². The third kappa shape index (κ3) is 2.97. The van der Waals surface area contributed by atoms with Gasteiger partial charge in [-0.1, -0.05) is 61.9 Å². The molecular weight excluding hydrogens is 322 g/mol. The van der Waals surface area contributed by atoms with Crippen LogP contribution in [-0.4, -0.2) is 17.6 Å². The molecule has 0 saturated heterocycles. The maximum atomic E-state index is 12.8. The van der Waals surface area contributed by atoms with Gasteiger partial charge < -0.3 is 9.72 Å². The average molecular weight is 343 g/mol. The van der Waals surface area contributed by atoms with Crippen LogP contribution < -0.4 is 0 Å². The number of rotatable bonds is 5. The fourth-order valence-corrected chi connectivity index (χ4v) is 3.30. The molecule has 0 radical (unpaired) electrons. The van der Waals surface area contributed by atoms with Crippen LogP contribution in [0.2, 0.25) is 0 Å². The molecule has 1 heterocycles. The Bertz CT molecular complexity index is 1060. The van der Waals surface area contributed by atoms with Crippen molar-refractivity contribution in [1.29, 1.82) is 0 Å². The molecule has 1 aromatic heterocycles. The summed E-state index contributed by atoms with van der Waals surface area (Å²) in [5.41, 5.74) is 4.56. The van der Waals surface area contributed by atoms with Crippen molar-refractivity contribution in [3.63, 3.8) is 0 Å². The number of carbonyl (C=O) groups excluding carboxylic acids is 1. The second kappa shape index (κ2) is 7.04. The second-order valence-electron chi connectivity index (χ2n) is 6.47. The summed E-state index contributed by atoms with van der Waals surface area (Å²) in [6.45, 7) is 2.53. The largest absolute Gasteiger partial charge is 0.462 e. The van der Waals surface area contributed by atoms with Gasteiger partial charge in [-0.2, -0.15) is 0 Å². The normalized spacial score (nSPS) is 11.1. The van der Waals surface area contributed by atoms with Gasteiger partial charge in [0, 0.05) is 16.3 Å². The minimum atomic E-state index is -0.271. The first-order valence-electron chi connectivity index (χ1n) is 9.05. The first-order chi connectivity index (χ1) is 12.8. The Morgan fingerprint density at radius 1 is 0.923 bits per heavy atom. The Morgan fingerprint density at radius 2 is 1.69 bits per heavy atom. The van der Waals surface area contributed by atoms with Crippen LogP contribution in [0.5, 0.6) is 0 Å². The van der Waals surface area contributed by atoms with Crippen LogP contribution in [0.1, 0.15) is 30.1 Å². The van der Waals surface area contributed by atoms with E-state index in [-0.39, 0.29) is 5.97 Å². The zero-order chi connectivity index (χ0) is 17.9. The number of unbranched alkanes of at least 4 members (excludes halogenated alkanes) is 1. The Labute approximate surface area is 152 Å². The van der Waals surface area contributed by atoms with E-state index in [1.54, 1.807) is 0 Å². The van der Waals surface area contributed by atoms with Crippen molar-refractivity contribution in [3.05, 3.63) is 72.3 Å². The Kier molecular flexibility index (Phi) is 4.44. The molecule has 4 rings (SSSR count). The van der Waals surface area contributed by atoms with Gasteiger partial charge in [0.05, 0.1) is 17.7 Å². The van der Waals surface area contributed by atoms with Crippen molar-refractivity contribution >= 4 is 27.8 Å². The lowest BCUT2D eigenvalue weighted by atomic mass is 9.99. The maximum Gasteiger partial charge on any atom is 0.340 e. The van der Waals surface area contributed by atoms with Crippen molar-refractivity contribution in [2.24, 2.45) is 0 Å². The zero-order valence-electron chi connectivity index (χ0n) is 14.8. The van der Waals surface area contributed by atoms with Crippen LogP contribution >= 0.6 is 0 Å². The van der Waals surface area contributed by atoms with E-state index in [2.05, 4.69) is 36.2 Å². The quantitative estimate of drug-likeness (QED) is 0.360. The summed E-state index contributed by atoms with van der Waals surface area (Å²) < 4.78 is 5.50. The maximum absolute atomic E-state index is 12.8. The number of esters is 1. The van der Waals surface area contributed by atoms with Crippen LogP contribution in [0.3, 0.4) is 0 Å². The van der Waals surface area contributed by atoms with Crippen molar-refractivity contribution in [2.75, 3.05) is 6.61 Å². The van der Waals surface area contributed by atoms with Gasteiger partial charge in [-0.05, 0) is 35.7 Å². The average Bonchev–Trinajstić information content (AvgIpc) is 3.06. The lowest BCUT2D eigenvalue weighted by molar-refractivity contribution is 0.0502. The number of carbonyl (C=O) groups is 1. The van der Waals surface area contributed by atoms with Crippen LogP contribution in [-0.2, 0) is 4.74 Å². The highest BCUT2D eigenvalue weighted by Gasteiger charge is 2.17. The van der Waals surface area contributed by atoms with Crippen molar-refractivity contribution in [2.45, 2.75) is 19.8 Å². The molecule has 0 atom stereocenters. The van der Waals surface area contributed by atoms with Crippen LogP contribution in [0.25, 0.3) is 32.9 Å². The van der Waals surface area contributed by atoms with Crippen molar-refractivity contribution in [1.82, 2.24) is 4.98 Å². The van der Waals surface area contributed by atoms with Gasteiger partial charge >= 0.3 is 5.97 Å². The van der Waals surface area contributed by atoms with E-state index in [0.717, 1.165) is 45.8 Å². The molecule has 130 valence electrons. The highest BCUT2D eigenvalue weighted by Crippen LogP contribution is 2.33. The lowest BCUT2D eigenvalue weighted by Crippen LogP contribution is -2.07. The third-order valence-electron chi connectivity index (χ3n) is 4.67. The van der Waals surface area contributed by atoms with Gasteiger partial charge in [-0.15, -0.1) is 0 Å². The summed E-state index contributed by atoms with van der Waals surface area (Å²) >= 11 is 0. The van der Waals surface area contributed by atoms with Crippen molar-refractivity contribution < 1.29 is 9.53 Å². The standard InChI is InChI=1S/C23H21NO2/c1-2-3-13-26-23(25)20-15-17(16-9-5-4-6-10-16)14-19-18-11-7-8-12-21(18)24-22(19)20/h4-12,14-15,24H,2-3,13H2,1H3. The fraction of sp³-hybridized carbons (Fsp3) is 0.174. The molecule has 3 heteroatoms. The number of aromatic nitrogens is 1. The van der Waals surface area contributed by atoms with E-state index in [0.29, 0.717) is 12.2 Å². The number of nitrogens with one attached hydrogen (secondary N) is 1. The predicted molar refractivity (Wildman–Crippen MR) is 106 cm³/mol. The minimum Gasteiger partial charge on any atom is -0.462 e. The molecule has 0 aliphatic carbocycles. The topological polar surface area (TPSA) is 42.1 Å². The van der Waals surface area contributed by atoms with Crippen LogP contribution in [0.4, 0.5) is 0 Å². The molecule has 0 saturated carbocycles. The summed E-state index contributed by atoms with van der Waals surface area (Å²) in [7, 11) is 0. The van der Waals surface area contributed by atoms with E-state index in [9.17, 15) is 4.79 Å². The minimum absolute atomic E-state index is 0.271. The number of aromatic amines is 1. The number of para-hydroxylation sites is 1. The molecule has 0 aliphatic rings. The molecule has 3 nitrogen and oxygen atoms in total. The van der Waals surface area contributed by atoms with Crippen molar-refractivity contribution in [3.8, 4) is 11.1 Å². The molecule has 0 spiro atoms. The smallest absolute Gasteiger partial charge is 0.340 e. The van der Waals surface area contributed by atoms with E-state index >= 15 is 0 Å². The summed E-state index contributed by atoms with van der Waals surface area (Å²) in [6.07, 6.45) is 1.87. The monoisotopic (exact) mass is 343 g/mol. The third-order valence-corrected chi connectivity index (χ3v) is 4.67. The Balaban J connectivity index is 1.91. The Morgan fingerprint density at radius 3 is 2.50 bits per heavy atom. The SMILES string of the molecule is CCCCOC(=O)c1cc(-c2ccccc2)cc2c1[nH]c1ccccc12. The van der Waals surface area contributed by atoms with Gasteiger partial charge in [0.2, 0.25) is 0 Å². The number of fused-ring (bicyclic) bond motifs is 3. The molecule has 26 heavy (non-hydrogen) atoms. The molecule has 1 N–H and O–H groups in total. The molecule has 0 fully saturated rings. The molecule has 4 aromatic rings. The summed E-state index contributed by atoms with van der Waals surface area (Å²) in [4.78, 5) is 16.1. The van der Waals surface area contributed by atoms with E-state index in [1.807, 2.05) is 42.5 Å². The molecule has 0 aliphatic heterocycles. The summed E-state index contributed by atoms with van der Waals surface area (Å²) in [5.74, 6) is -0.271. The zero-order valence-corrected chi connectivity index (χ0v) is 14.8. The van der Waals surface area contributed by atoms with Gasteiger partial charge in [0.15, 0.2) is 0 Å². The Hall–Kier alpha value is -3.07. The predicted octanol–water partition coefficient (Wildman–Crippen LogP) is 5.95. The number of ether oxygens (including phenoxy) is 1. The molecule has 0 amide bonds. The van der Waals surface area contributed by atoms with Crippen LogP contribution in [0, 0.1) is 0 Å². The highest BCUT2D eigenvalue weighted by atomic mass is 16.5. The molecule has 0 unspecified atom stereocenters. The number of hydrogen-bond acceptors (Lipinski definition) is 2. The van der Waals surface area contributed by atoms with E-state index in [4.69, 9.17) is 4.74 Å². The molecular formula is C23H21NO2. The lowest BCUT2D eigenvalue weighted by Gasteiger charge is -2.09. The molecule has 3 aromatic carbocycles. The first-order valence-corrected chi connectivity index (χ1v) is 9.05. The number of hydrogen-bond donors (Lipinski definition) is 1. The number of benzene rings is 3. The van der Waals surface area contributed by atoms with E-state index < -0.39 is 0 Å². The van der Waals surface area contributed by atoms with Gasteiger partial charge in [0.1, 0.15) is 0 Å². The summed E-state index contributed by atoms with van der Waals surface area (Å²) in [5, 5.41) is 2.16. The second-order valence-corrected chi connectivity index (χ2v) is 6.47. The highest BCUT2D eigenvalue weighted by molar-refractivity contribution is 6.15. The number of H-pyrrole nitrogens is 1. The van der Waals surface area contributed by atoms with E-state index in [1.165, 1.54) is 0 Å². The molecule has 0 bridgehead atoms.